The molecule has 1 saturated heterocycles. The average molecular weight is 515 g/mol. The number of thiophene rings is 1. The van der Waals surface area contributed by atoms with Gasteiger partial charge >= 0.3 is 0 Å². The second-order valence-electron chi connectivity index (χ2n) is 9.90. The van der Waals surface area contributed by atoms with Crippen molar-refractivity contribution in [2.45, 2.75) is 48.2 Å². The van der Waals surface area contributed by atoms with E-state index >= 15 is 0 Å². The molecule has 1 atom stereocenters. The molecule has 1 aromatic carbocycles. The summed E-state index contributed by atoms with van der Waals surface area (Å²) in [6.45, 7) is 9.62. The number of nitrogens with one attached hydrogen (secondary N) is 1. The maximum absolute atomic E-state index is 10.2. The van der Waals surface area contributed by atoms with Crippen molar-refractivity contribution in [3.63, 3.8) is 0 Å². The largest absolute Gasteiger partial charge is 0.389 e. The maximum atomic E-state index is 10.2. The molecule has 2 N–H and O–H groups in total. The average Bonchev–Trinajstić information content (AvgIpc) is 3.54. The van der Waals surface area contributed by atoms with Crippen LogP contribution < -0.4 is 4.31 Å². The number of aliphatic imine (C=N–C) groups is 1. The molecule has 2 aliphatic rings. The van der Waals surface area contributed by atoms with Crippen molar-refractivity contribution in [1.82, 2.24) is 9.88 Å². The van der Waals surface area contributed by atoms with Crippen molar-refractivity contribution in [2.24, 2.45) is 4.99 Å². The smallest absolute Gasteiger partial charge is 0.115 e. The van der Waals surface area contributed by atoms with Gasteiger partial charge < -0.3 is 19.3 Å². The molecule has 1 unspecified atom stereocenters. The van der Waals surface area contributed by atoms with Gasteiger partial charge in [0.15, 0.2) is 0 Å². The molecule has 0 saturated carbocycles. The van der Waals surface area contributed by atoms with Gasteiger partial charge in [0.1, 0.15) is 5.04 Å². The number of likely N-dealkylation sites (tertiary alicyclic amines) is 1. The van der Waals surface area contributed by atoms with Gasteiger partial charge in [0.05, 0.1) is 33.3 Å². The number of hydrogen-bond acceptors (Lipinski definition) is 6. The molecule has 0 bridgehead atoms. The lowest BCUT2D eigenvalue weighted by Crippen LogP contribution is -2.47. The van der Waals surface area contributed by atoms with E-state index < -0.39 is 5.60 Å². The highest BCUT2D eigenvalue weighted by molar-refractivity contribution is 8.17. The van der Waals surface area contributed by atoms with E-state index in [0.717, 1.165) is 49.8 Å². The summed E-state index contributed by atoms with van der Waals surface area (Å²) in [5.41, 5.74) is 2.90. The molecule has 34 heavy (non-hydrogen) atoms. The van der Waals surface area contributed by atoms with Gasteiger partial charge in [-0.25, -0.2) is 0 Å². The predicted octanol–water partition coefficient (Wildman–Crippen LogP) is 5.83. The molecular formula is C26H34N4OS3. The first kappa shape index (κ1) is 24.1. The summed E-state index contributed by atoms with van der Waals surface area (Å²) in [5.74, 6) is 0. The first-order valence-corrected chi connectivity index (χ1v) is 14.8. The fourth-order valence-corrected chi connectivity index (χ4v) is 9.28. The van der Waals surface area contributed by atoms with E-state index in [4.69, 9.17) is 4.99 Å². The van der Waals surface area contributed by atoms with Crippen LogP contribution in [-0.4, -0.2) is 69.0 Å². The first-order chi connectivity index (χ1) is 16.3. The van der Waals surface area contributed by atoms with Gasteiger partial charge in [0.2, 0.25) is 0 Å². The summed E-state index contributed by atoms with van der Waals surface area (Å²) in [5, 5.41) is 17.0. The highest BCUT2D eigenvalue weighted by Gasteiger charge is 2.41. The SMILES string of the molecule is C/C=S(\c1cccs1)N(C)c1cccc2cc(C3=NCC4(CCN(CC(C)(C)O)CC4)S3)[nH]c12. The summed E-state index contributed by atoms with van der Waals surface area (Å²) < 4.78 is 3.96. The van der Waals surface area contributed by atoms with E-state index in [9.17, 15) is 5.11 Å². The minimum Gasteiger partial charge on any atom is -0.389 e. The highest BCUT2D eigenvalue weighted by atomic mass is 32.2. The van der Waals surface area contributed by atoms with Crippen LogP contribution in [0.5, 0.6) is 0 Å². The number of hydrogen-bond donors (Lipinski definition) is 2. The Labute approximate surface area is 213 Å². The molecular weight excluding hydrogens is 481 g/mol. The Bertz CT molecular complexity index is 1210. The zero-order valence-corrected chi connectivity index (χ0v) is 22.8. The zero-order valence-electron chi connectivity index (χ0n) is 20.4. The van der Waals surface area contributed by atoms with Gasteiger partial charge in [0, 0.05) is 23.7 Å². The number of thioether (sulfide) groups is 1. The molecule has 0 aliphatic carbocycles. The van der Waals surface area contributed by atoms with Crippen molar-refractivity contribution in [3.05, 3.63) is 47.5 Å². The lowest BCUT2D eigenvalue weighted by atomic mass is 9.94. The van der Waals surface area contributed by atoms with Crippen LogP contribution in [0.3, 0.4) is 0 Å². The highest BCUT2D eigenvalue weighted by Crippen LogP contribution is 2.44. The van der Waals surface area contributed by atoms with Crippen LogP contribution in [0, 0.1) is 0 Å². The van der Waals surface area contributed by atoms with Crippen molar-refractivity contribution >= 4 is 60.8 Å². The first-order valence-electron chi connectivity index (χ1n) is 11.9. The number of H-pyrrole nitrogens is 1. The lowest BCUT2D eigenvalue weighted by molar-refractivity contribution is 0.0272. The number of benzene rings is 1. The van der Waals surface area contributed by atoms with Crippen molar-refractivity contribution in [3.8, 4) is 0 Å². The number of aliphatic hydroxyl groups is 1. The molecule has 0 radical (unpaired) electrons. The molecule has 1 fully saturated rings. The molecule has 1 spiro atoms. The van der Waals surface area contributed by atoms with Crippen molar-refractivity contribution in [2.75, 3.05) is 37.5 Å². The Kier molecular flexibility index (Phi) is 6.72. The van der Waals surface area contributed by atoms with Crippen LogP contribution in [-0.2, 0) is 0 Å². The second-order valence-corrected chi connectivity index (χ2v) is 14.7. The van der Waals surface area contributed by atoms with E-state index in [1.165, 1.54) is 20.8 Å². The normalized spacial score (nSPS) is 19.7. The van der Waals surface area contributed by atoms with Gasteiger partial charge in [-0.05, 0) is 75.6 Å². The summed E-state index contributed by atoms with van der Waals surface area (Å²) in [6.07, 6.45) is 2.23. The zero-order chi connectivity index (χ0) is 23.9. The van der Waals surface area contributed by atoms with Gasteiger partial charge in [-0.3, -0.25) is 4.99 Å². The molecule has 5 rings (SSSR count). The number of rotatable bonds is 6. The monoisotopic (exact) mass is 514 g/mol. The number of β-amino-alcohol motifs (C(OH)–C–C–N with tert-alkyl or cyclic N) is 1. The number of anilines is 1. The number of para-hydroxylation sites is 1. The van der Waals surface area contributed by atoms with Gasteiger partial charge in [0.25, 0.3) is 0 Å². The Hall–Kier alpha value is -1.58. The summed E-state index contributed by atoms with van der Waals surface area (Å²) in [4.78, 5) is 11.1. The number of nitrogens with zero attached hydrogens (tertiary/aromatic N) is 3. The summed E-state index contributed by atoms with van der Waals surface area (Å²) in [7, 11) is 2.11. The van der Waals surface area contributed by atoms with Gasteiger partial charge in [-0.1, -0.05) is 40.6 Å². The van der Waals surface area contributed by atoms with Crippen LogP contribution in [0.4, 0.5) is 5.69 Å². The van der Waals surface area contributed by atoms with E-state index in [1.807, 2.05) is 36.9 Å². The molecule has 5 nitrogen and oxygen atoms in total. The van der Waals surface area contributed by atoms with Crippen LogP contribution >= 0.6 is 33.8 Å². The van der Waals surface area contributed by atoms with Crippen LogP contribution in [0.1, 0.15) is 39.3 Å². The number of aromatic amines is 1. The van der Waals surface area contributed by atoms with Crippen molar-refractivity contribution in [1.29, 1.82) is 0 Å². The molecule has 3 aromatic rings. The van der Waals surface area contributed by atoms with E-state index in [0.29, 0.717) is 0 Å². The third-order valence-electron chi connectivity index (χ3n) is 6.63. The quantitative estimate of drug-likeness (QED) is 0.407. The van der Waals surface area contributed by atoms with E-state index in [1.54, 1.807) is 0 Å². The predicted molar refractivity (Wildman–Crippen MR) is 152 cm³/mol. The number of piperidine rings is 1. The van der Waals surface area contributed by atoms with Crippen molar-refractivity contribution < 1.29 is 5.11 Å². The van der Waals surface area contributed by atoms with Gasteiger partial charge in [-0.2, -0.15) is 0 Å². The number of aromatic nitrogens is 1. The minimum atomic E-state index is -0.636. The Morgan fingerprint density at radius 1 is 1.26 bits per heavy atom. The lowest BCUT2D eigenvalue weighted by Gasteiger charge is -2.40. The summed E-state index contributed by atoms with van der Waals surface area (Å²) in [6, 6.07) is 13.2. The molecule has 4 heterocycles. The summed E-state index contributed by atoms with van der Waals surface area (Å²) >= 11 is 3.77. The third-order valence-corrected chi connectivity index (χ3v) is 11.4. The molecule has 8 heteroatoms. The molecule has 2 aromatic heterocycles. The topological polar surface area (TPSA) is 54.9 Å². The third kappa shape index (κ3) is 4.88. The Morgan fingerprint density at radius 3 is 2.74 bits per heavy atom. The van der Waals surface area contributed by atoms with E-state index in [-0.39, 0.29) is 15.4 Å². The second kappa shape index (κ2) is 9.47. The fourth-order valence-electron chi connectivity index (χ4n) is 4.97. The van der Waals surface area contributed by atoms with Crippen LogP contribution in [0.2, 0.25) is 0 Å². The molecule has 2 aliphatic heterocycles. The van der Waals surface area contributed by atoms with Crippen LogP contribution in [0.15, 0.2) is 51.0 Å². The van der Waals surface area contributed by atoms with Gasteiger partial charge in [-0.15, -0.1) is 11.3 Å². The standard InChI is InChI=1S/C26H34N4OS3/c1-5-34(22-10-7-15-32-22)29(4)21-9-6-8-19-16-20(28-23(19)21)24-27-17-26(33-24)11-13-30(14-12-26)18-25(2,3)31/h5-10,15-16,28,31H,11-14,17-18H2,1-4H3. The minimum absolute atomic E-state index is 0.0791. The number of fused-ring (bicyclic) bond motifs is 1. The maximum Gasteiger partial charge on any atom is 0.115 e. The fraction of sp³-hybridized carbons (Fsp3) is 0.462. The Balaban J connectivity index is 1.34. The molecule has 182 valence electrons. The Morgan fingerprint density at radius 2 is 2.06 bits per heavy atom. The van der Waals surface area contributed by atoms with Crippen LogP contribution in [0.25, 0.3) is 10.9 Å². The molecule has 0 amide bonds. The van der Waals surface area contributed by atoms with E-state index in [2.05, 4.69) is 75.3 Å².